The van der Waals surface area contributed by atoms with Crippen molar-refractivity contribution < 1.29 is 14.0 Å². The van der Waals surface area contributed by atoms with E-state index in [0.29, 0.717) is 11.3 Å². The summed E-state index contributed by atoms with van der Waals surface area (Å²) in [6.07, 6.45) is 0. The van der Waals surface area contributed by atoms with Crippen molar-refractivity contribution in [2.24, 2.45) is 0 Å². The van der Waals surface area contributed by atoms with Crippen LogP contribution in [0.3, 0.4) is 0 Å². The third-order valence-electron chi connectivity index (χ3n) is 4.23. The summed E-state index contributed by atoms with van der Waals surface area (Å²) in [7, 11) is 1.73. The van der Waals surface area contributed by atoms with E-state index < -0.39 is 5.41 Å². The van der Waals surface area contributed by atoms with Gasteiger partial charge in [-0.25, -0.2) is 4.39 Å². The highest BCUT2D eigenvalue weighted by atomic mass is 19.1. The minimum atomic E-state index is -0.656. The van der Waals surface area contributed by atoms with Gasteiger partial charge in [0, 0.05) is 24.0 Å². The van der Waals surface area contributed by atoms with Crippen LogP contribution in [-0.4, -0.2) is 18.9 Å². The molecule has 1 heterocycles. The Morgan fingerprint density at radius 1 is 1.13 bits per heavy atom. The molecule has 1 aliphatic rings. The van der Waals surface area contributed by atoms with Crippen LogP contribution in [0.5, 0.6) is 0 Å². The van der Waals surface area contributed by atoms with E-state index in [-0.39, 0.29) is 17.6 Å². The van der Waals surface area contributed by atoms with Crippen molar-refractivity contribution in [2.75, 3.05) is 17.3 Å². The number of fused-ring (bicyclic) bond motifs is 1. The van der Waals surface area contributed by atoms with E-state index in [1.165, 1.54) is 24.3 Å². The van der Waals surface area contributed by atoms with Gasteiger partial charge in [-0.05, 0) is 61.9 Å². The number of hydrogen-bond acceptors (Lipinski definition) is 2. The lowest BCUT2D eigenvalue weighted by atomic mass is 9.85. The standard InChI is InChI=1S/C18H17FN2O2/c1-18(2)14-10-11(4-9-15(14)21(3)17(18)23)16(22)20-13-7-5-12(19)6-8-13/h4-10H,1-3H3,(H,20,22). The molecule has 23 heavy (non-hydrogen) atoms. The Balaban J connectivity index is 1.91. The molecule has 0 saturated carbocycles. The van der Waals surface area contributed by atoms with Crippen LogP contribution in [0.15, 0.2) is 42.5 Å². The molecule has 2 aromatic carbocycles. The van der Waals surface area contributed by atoms with Crippen LogP contribution in [-0.2, 0) is 10.2 Å². The summed E-state index contributed by atoms with van der Waals surface area (Å²) in [5.41, 5.74) is 1.97. The SMILES string of the molecule is CN1C(=O)C(C)(C)c2cc(C(=O)Nc3ccc(F)cc3)ccc21. The fraction of sp³-hybridized carbons (Fsp3) is 0.222. The molecule has 2 amide bonds. The van der Waals surface area contributed by atoms with Crippen molar-refractivity contribution in [1.29, 1.82) is 0 Å². The molecular formula is C18H17FN2O2. The number of carbonyl (C=O) groups is 2. The molecule has 1 N–H and O–H groups in total. The molecule has 1 aliphatic heterocycles. The third-order valence-corrected chi connectivity index (χ3v) is 4.23. The van der Waals surface area contributed by atoms with E-state index in [2.05, 4.69) is 5.32 Å². The van der Waals surface area contributed by atoms with Crippen LogP contribution in [0.1, 0.15) is 29.8 Å². The summed E-state index contributed by atoms with van der Waals surface area (Å²) in [6.45, 7) is 3.69. The Bertz CT molecular complexity index is 797. The summed E-state index contributed by atoms with van der Waals surface area (Å²) in [5, 5.41) is 2.72. The first kappa shape index (κ1) is 15.2. The molecule has 0 unspecified atom stereocenters. The molecule has 0 aliphatic carbocycles. The number of likely N-dealkylation sites (N-methyl/N-ethyl adjacent to an activating group) is 1. The van der Waals surface area contributed by atoms with Gasteiger partial charge in [0.2, 0.25) is 5.91 Å². The van der Waals surface area contributed by atoms with Gasteiger partial charge in [-0.1, -0.05) is 0 Å². The van der Waals surface area contributed by atoms with Gasteiger partial charge in [0.25, 0.3) is 5.91 Å². The van der Waals surface area contributed by atoms with Gasteiger partial charge in [-0.15, -0.1) is 0 Å². The highest BCUT2D eigenvalue weighted by Crippen LogP contribution is 2.41. The zero-order chi connectivity index (χ0) is 16.8. The van der Waals surface area contributed by atoms with Gasteiger partial charge < -0.3 is 10.2 Å². The van der Waals surface area contributed by atoms with Gasteiger partial charge >= 0.3 is 0 Å². The Hall–Kier alpha value is -2.69. The minimum absolute atomic E-state index is 0.00333. The molecule has 0 aromatic heterocycles. The quantitative estimate of drug-likeness (QED) is 0.924. The van der Waals surface area contributed by atoms with E-state index >= 15 is 0 Å². The zero-order valence-corrected chi connectivity index (χ0v) is 13.2. The first-order valence-corrected chi connectivity index (χ1v) is 7.30. The number of benzene rings is 2. The number of nitrogens with zero attached hydrogens (tertiary/aromatic N) is 1. The number of nitrogens with one attached hydrogen (secondary N) is 1. The summed E-state index contributed by atoms with van der Waals surface area (Å²) in [6, 6.07) is 10.8. The number of anilines is 2. The molecule has 0 atom stereocenters. The van der Waals surface area contributed by atoms with Crippen molar-refractivity contribution in [1.82, 2.24) is 0 Å². The molecular weight excluding hydrogens is 295 g/mol. The molecule has 0 spiro atoms. The number of halogens is 1. The van der Waals surface area contributed by atoms with E-state index in [4.69, 9.17) is 0 Å². The van der Waals surface area contributed by atoms with Gasteiger partial charge in [-0.2, -0.15) is 0 Å². The maximum Gasteiger partial charge on any atom is 0.255 e. The van der Waals surface area contributed by atoms with E-state index in [9.17, 15) is 14.0 Å². The smallest absolute Gasteiger partial charge is 0.255 e. The van der Waals surface area contributed by atoms with Gasteiger partial charge in [0.15, 0.2) is 0 Å². The Morgan fingerprint density at radius 2 is 1.78 bits per heavy atom. The summed E-state index contributed by atoms with van der Waals surface area (Å²) in [4.78, 5) is 26.3. The fourth-order valence-electron chi connectivity index (χ4n) is 2.85. The predicted octanol–water partition coefficient (Wildman–Crippen LogP) is 3.33. The first-order chi connectivity index (χ1) is 10.8. The maximum absolute atomic E-state index is 12.9. The van der Waals surface area contributed by atoms with Crippen LogP contribution in [0.4, 0.5) is 15.8 Å². The molecule has 2 aromatic rings. The molecule has 3 rings (SSSR count). The topological polar surface area (TPSA) is 49.4 Å². The number of hydrogen-bond donors (Lipinski definition) is 1. The monoisotopic (exact) mass is 312 g/mol. The van der Waals surface area contributed by atoms with Crippen molar-refractivity contribution in [3.05, 3.63) is 59.4 Å². The normalized spacial score (nSPS) is 15.5. The summed E-state index contributed by atoms with van der Waals surface area (Å²) >= 11 is 0. The minimum Gasteiger partial charge on any atom is -0.322 e. The van der Waals surface area contributed by atoms with Crippen molar-refractivity contribution >= 4 is 23.2 Å². The molecule has 0 fully saturated rings. The second-order valence-electron chi connectivity index (χ2n) is 6.18. The highest BCUT2D eigenvalue weighted by molar-refractivity contribution is 6.09. The van der Waals surface area contributed by atoms with Crippen LogP contribution in [0, 0.1) is 5.82 Å². The molecule has 0 bridgehead atoms. The maximum atomic E-state index is 12.9. The lowest BCUT2D eigenvalue weighted by molar-refractivity contribution is -0.121. The third kappa shape index (κ3) is 2.48. The average molecular weight is 312 g/mol. The lowest BCUT2D eigenvalue weighted by Gasteiger charge is -2.16. The van der Waals surface area contributed by atoms with Gasteiger partial charge in [0.1, 0.15) is 5.82 Å². The molecule has 5 heteroatoms. The number of carbonyl (C=O) groups excluding carboxylic acids is 2. The van der Waals surface area contributed by atoms with Crippen molar-refractivity contribution in [3.63, 3.8) is 0 Å². The summed E-state index contributed by atoms with van der Waals surface area (Å²) < 4.78 is 12.9. The van der Waals surface area contributed by atoms with Crippen LogP contribution < -0.4 is 10.2 Å². The summed E-state index contributed by atoms with van der Waals surface area (Å²) in [5.74, 6) is -0.648. The number of rotatable bonds is 2. The van der Waals surface area contributed by atoms with Crippen LogP contribution >= 0.6 is 0 Å². The fourth-order valence-corrected chi connectivity index (χ4v) is 2.85. The van der Waals surface area contributed by atoms with E-state index in [1.807, 2.05) is 13.8 Å². The van der Waals surface area contributed by atoms with Crippen LogP contribution in [0.2, 0.25) is 0 Å². The van der Waals surface area contributed by atoms with E-state index in [1.54, 1.807) is 30.1 Å². The van der Waals surface area contributed by atoms with Crippen molar-refractivity contribution in [2.45, 2.75) is 19.3 Å². The van der Waals surface area contributed by atoms with Crippen molar-refractivity contribution in [3.8, 4) is 0 Å². The Morgan fingerprint density at radius 3 is 2.43 bits per heavy atom. The van der Waals surface area contributed by atoms with E-state index in [0.717, 1.165) is 11.3 Å². The van der Waals surface area contributed by atoms with Gasteiger partial charge in [0.05, 0.1) is 5.41 Å². The zero-order valence-electron chi connectivity index (χ0n) is 13.2. The molecule has 0 radical (unpaired) electrons. The number of amides is 2. The van der Waals surface area contributed by atoms with Crippen LogP contribution in [0.25, 0.3) is 0 Å². The highest BCUT2D eigenvalue weighted by Gasteiger charge is 2.42. The Labute approximate surface area is 133 Å². The average Bonchev–Trinajstić information content (AvgIpc) is 2.70. The Kier molecular flexibility index (Phi) is 3.43. The molecule has 0 saturated heterocycles. The predicted molar refractivity (Wildman–Crippen MR) is 87.2 cm³/mol. The molecule has 4 nitrogen and oxygen atoms in total. The largest absolute Gasteiger partial charge is 0.322 e. The molecule has 118 valence electrons. The first-order valence-electron chi connectivity index (χ1n) is 7.30. The second kappa shape index (κ2) is 5.19. The lowest BCUT2D eigenvalue weighted by Crippen LogP contribution is -2.33. The second-order valence-corrected chi connectivity index (χ2v) is 6.18. The van der Waals surface area contributed by atoms with Gasteiger partial charge in [-0.3, -0.25) is 9.59 Å².